The number of phosphoric ester groups is 1. The van der Waals surface area contributed by atoms with Crippen LogP contribution in [0.15, 0.2) is 24.3 Å². The third-order valence-corrected chi connectivity index (χ3v) is 3.46. The number of hydrogen-bond donors (Lipinski definition) is 1. The molecule has 0 saturated heterocycles. The van der Waals surface area contributed by atoms with E-state index in [2.05, 4.69) is 4.74 Å². The molecule has 1 rings (SSSR count). The van der Waals surface area contributed by atoms with Gasteiger partial charge in [-0.2, -0.15) is 0 Å². The number of methoxy groups -OCH3 is 1. The second-order valence-corrected chi connectivity index (χ2v) is 6.80. The lowest BCUT2D eigenvalue weighted by molar-refractivity contribution is -0.870. The molecule has 0 aromatic heterocycles. The molecule has 1 aromatic rings. The molecule has 7 nitrogen and oxygen atoms in total. The minimum Gasteiger partial charge on any atom is -0.465 e. The van der Waals surface area contributed by atoms with Crippen LogP contribution in [0.3, 0.4) is 0 Å². The molecular formula is C13H21NO6P+. The van der Waals surface area contributed by atoms with Gasteiger partial charge in [-0.1, -0.05) is 0 Å². The zero-order chi connectivity index (χ0) is 16.1. The monoisotopic (exact) mass is 318 g/mol. The summed E-state index contributed by atoms with van der Waals surface area (Å²) in [5.74, 6) is -0.355. The molecule has 0 amide bonds. The Morgan fingerprint density at radius 1 is 1.24 bits per heavy atom. The van der Waals surface area contributed by atoms with Crippen molar-refractivity contribution in [3.63, 3.8) is 0 Å². The molecule has 1 aromatic carbocycles. The van der Waals surface area contributed by atoms with Gasteiger partial charge < -0.3 is 13.7 Å². The van der Waals surface area contributed by atoms with Crippen LogP contribution in [0.1, 0.15) is 10.4 Å². The maximum absolute atomic E-state index is 11.8. The van der Waals surface area contributed by atoms with Crippen LogP contribution >= 0.6 is 7.82 Å². The summed E-state index contributed by atoms with van der Waals surface area (Å²) in [6.07, 6.45) is 0. The third kappa shape index (κ3) is 6.73. The van der Waals surface area contributed by atoms with Gasteiger partial charge in [0.15, 0.2) is 0 Å². The van der Waals surface area contributed by atoms with Gasteiger partial charge in [0.2, 0.25) is 0 Å². The van der Waals surface area contributed by atoms with Crippen LogP contribution in [-0.2, 0) is 13.8 Å². The summed E-state index contributed by atoms with van der Waals surface area (Å²) >= 11 is 0. The highest BCUT2D eigenvalue weighted by Crippen LogP contribution is 2.43. The van der Waals surface area contributed by atoms with E-state index < -0.39 is 13.8 Å². The summed E-state index contributed by atoms with van der Waals surface area (Å²) in [5, 5.41) is 0. The van der Waals surface area contributed by atoms with Gasteiger partial charge in [-0.25, -0.2) is 9.36 Å². The fourth-order valence-electron chi connectivity index (χ4n) is 1.36. The van der Waals surface area contributed by atoms with Gasteiger partial charge in [0, 0.05) is 0 Å². The third-order valence-electron chi connectivity index (χ3n) is 2.51. The standard InChI is InChI=1S/C13H20NO6P/c1-14(2,3)9-10-19-21(16,17)20-12-7-5-11(6-8-12)13(15)18-4/h5-8H,9-10H2,1-4H3/p+1. The number of carbonyl (C=O) groups excluding carboxylic acids is 1. The Hall–Kier alpha value is -1.40. The predicted molar refractivity (Wildman–Crippen MR) is 77.1 cm³/mol. The van der Waals surface area contributed by atoms with Crippen molar-refractivity contribution in [3.05, 3.63) is 29.8 Å². The Morgan fingerprint density at radius 3 is 2.29 bits per heavy atom. The first-order valence-corrected chi connectivity index (χ1v) is 7.78. The molecule has 1 atom stereocenters. The van der Waals surface area contributed by atoms with Crippen LogP contribution in [0, 0.1) is 0 Å². The molecule has 118 valence electrons. The molecule has 0 spiro atoms. The summed E-state index contributed by atoms with van der Waals surface area (Å²) in [6, 6.07) is 5.68. The molecule has 0 saturated carbocycles. The van der Waals surface area contributed by atoms with Crippen molar-refractivity contribution in [2.45, 2.75) is 0 Å². The van der Waals surface area contributed by atoms with Crippen molar-refractivity contribution in [1.29, 1.82) is 0 Å². The Kier molecular flexibility index (Phi) is 5.92. The van der Waals surface area contributed by atoms with Crippen molar-refractivity contribution in [3.8, 4) is 5.75 Å². The van der Waals surface area contributed by atoms with Crippen LogP contribution in [0.4, 0.5) is 0 Å². The van der Waals surface area contributed by atoms with Crippen molar-refractivity contribution >= 4 is 13.8 Å². The molecule has 21 heavy (non-hydrogen) atoms. The van der Waals surface area contributed by atoms with Crippen LogP contribution in [-0.4, -0.2) is 56.8 Å². The van der Waals surface area contributed by atoms with E-state index in [1.807, 2.05) is 21.1 Å². The molecule has 0 fully saturated rings. The highest BCUT2D eigenvalue weighted by Gasteiger charge is 2.24. The number of quaternary nitrogens is 1. The molecule has 0 heterocycles. The van der Waals surface area contributed by atoms with Gasteiger partial charge in [0.05, 0.1) is 33.8 Å². The Bertz CT molecular complexity index is 522. The van der Waals surface area contributed by atoms with Gasteiger partial charge in [-0.15, -0.1) is 0 Å². The first-order valence-electron chi connectivity index (χ1n) is 6.29. The first-order chi connectivity index (χ1) is 9.63. The Morgan fingerprint density at radius 2 is 1.81 bits per heavy atom. The van der Waals surface area contributed by atoms with E-state index in [4.69, 9.17) is 9.05 Å². The summed E-state index contributed by atoms with van der Waals surface area (Å²) in [4.78, 5) is 20.9. The lowest BCUT2D eigenvalue weighted by atomic mass is 10.2. The fraction of sp³-hybridized carbons (Fsp3) is 0.462. The molecule has 0 aliphatic rings. The highest BCUT2D eigenvalue weighted by molar-refractivity contribution is 7.47. The summed E-state index contributed by atoms with van der Waals surface area (Å²) in [6.45, 7) is 0.659. The van der Waals surface area contributed by atoms with Crippen molar-refractivity contribution in [1.82, 2.24) is 0 Å². The second kappa shape index (κ2) is 7.04. The topological polar surface area (TPSA) is 82.1 Å². The van der Waals surface area contributed by atoms with Gasteiger partial charge in [-0.05, 0) is 24.3 Å². The average molecular weight is 318 g/mol. The quantitative estimate of drug-likeness (QED) is 0.468. The van der Waals surface area contributed by atoms with E-state index in [-0.39, 0.29) is 12.4 Å². The predicted octanol–water partition coefficient (Wildman–Crippen LogP) is 1.68. The average Bonchev–Trinajstić information content (AvgIpc) is 2.36. The van der Waals surface area contributed by atoms with Crippen LogP contribution < -0.4 is 4.52 Å². The Labute approximate surface area is 124 Å². The minimum absolute atomic E-state index is 0.0948. The largest absolute Gasteiger partial charge is 0.527 e. The minimum atomic E-state index is -4.17. The Balaban J connectivity index is 2.59. The number of benzene rings is 1. The van der Waals surface area contributed by atoms with Crippen LogP contribution in [0.2, 0.25) is 0 Å². The van der Waals surface area contributed by atoms with Crippen molar-refractivity contribution in [2.24, 2.45) is 0 Å². The molecule has 1 N–H and O–H groups in total. The zero-order valence-electron chi connectivity index (χ0n) is 12.6. The number of phosphoric acid groups is 1. The van der Waals surface area contributed by atoms with Crippen molar-refractivity contribution < 1.29 is 32.5 Å². The lowest BCUT2D eigenvalue weighted by Crippen LogP contribution is -2.37. The number of likely N-dealkylation sites (N-methyl/N-ethyl adjacent to an activating group) is 1. The second-order valence-electron chi connectivity index (χ2n) is 5.42. The molecule has 0 bridgehead atoms. The number of ether oxygens (including phenoxy) is 1. The van der Waals surface area contributed by atoms with E-state index in [1.165, 1.54) is 31.4 Å². The van der Waals surface area contributed by atoms with Crippen molar-refractivity contribution in [2.75, 3.05) is 41.4 Å². The smallest absolute Gasteiger partial charge is 0.465 e. The molecule has 0 radical (unpaired) electrons. The molecular weight excluding hydrogens is 297 g/mol. The molecule has 1 unspecified atom stereocenters. The number of carbonyl (C=O) groups is 1. The van der Waals surface area contributed by atoms with Crippen LogP contribution in [0.5, 0.6) is 5.75 Å². The summed E-state index contributed by atoms with van der Waals surface area (Å²) < 4.78 is 26.7. The summed E-state index contributed by atoms with van der Waals surface area (Å²) in [5.41, 5.74) is 0.323. The number of nitrogens with zero attached hydrogens (tertiary/aromatic N) is 1. The van der Waals surface area contributed by atoms with Gasteiger partial charge >= 0.3 is 13.8 Å². The van der Waals surface area contributed by atoms with Gasteiger partial charge in [-0.3, -0.25) is 9.42 Å². The normalized spacial score (nSPS) is 14.3. The molecule has 0 aliphatic heterocycles. The van der Waals surface area contributed by atoms with E-state index in [1.54, 1.807) is 0 Å². The maximum Gasteiger partial charge on any atom is 0.527 e. The van der Waals surface area contributed by atoms with E-state index in [9.17, 15) is 14.3 Å². The number of esters is 1. The summed E-state index contributed by atoms with van der Waals surface area (Å²) in [7, 11) is 2.93. The highest BCUT2D eigenvalue weighted by atomic mass is 31.2. The molecule has 0 aliphatic carbocycles. The van der Waals surface area contributed by atoms with Gasteiger partial charge in [0.1, 0.15) is 18.9 Å². The SMILES string of the molecule is COC(=O)c1ccc(OP(=O)(O)OCC[N+](C)(C)C)cc1. The fourth-order valence-corrected chi connectivity index (χ4v) is 2.11. The number of rotatable bonds is 7. The lowest BCUT2D eigenvalue weighted by Gasteiger charge is -2.24. The van der Waals surface area contributed by atoms with E-state index >= 15 is 0 Å². The van der Waals surface area contributed by atoms with Gasteiger partial charge in [0.25, 0.3) is 0 Å². The van der Waals surface area contributed by atoms with Crippen LogP contribution in [0.25, 0.3) is 0 Å². The molecule has 8 heteroatoms. The van der Waals surface area contributed by atoms with E-state index in [0.29, 0.717) is 16.6 Å². The van der Waals surface area contributed by atoms with E-state index in [0.717, 1.165) is 0 Å². The first kappa shape index (κ1) is 17.7. The number of hydrogen-bond acceptors (Lipinski definition) is 5. The zero-order valence-corrected chi connectivity index (χ0v) is 13.5. The maximum atomic E-state index is 11.8.